The molecule has 0 spiro atoms. The lowest BCUT2D eigenvalue weighted by atomic mass is 10.1. The van der Waals surface area contributed by atoms with Gasteiger partial charge >= 0.3 is 5.97 Å². The zero-order chi connectivity index (χ0) is 10.2. The predicted octanol–water partition coefficient (Wildman–Crippen LogP) is 2.54. The second-order valence-corrected chi connectivity index (χ2v) is 4.32. The Balaban J connectivity index is 2.77. The van der Waals surface area contributed by atoms with E-state index in [1.807, 2.05) is 6.92 Å². The Morgan fingerprint density at radius 1 is 1.46 bits per heavy atom. The van der Waals surface area contributed by atoms with Crippen molar-refractivity contribution < 1.29 is 9.53 Å². The van der Waals surface area contributed by atoms with Crippen LogP contribution < -0.4 is 0 Å². The Morgan fingerprint density at radius 2 is 2.00 bits per heavy atom. The summed E-state index contributed by atoms with van der Waals surface area (Å²) in [6, 6.07) is 0. The molecule has 0 aliphatic heterocycles. The molecule has 0 heterocycles. The predicted molar refractivity (Wildman–Crippen MR) is 52.3 cm³/mol. The molecule has 74 valence electrons. The van der Waals surface area contributed by atoms with Crippen LogP contribution in [-0.4, -0.2) is 12.6 Å². The number of allylic oxidation sites excluding steroid dienone is 1. The van der Waals surface area contributed by atoms with Gasteiger partial charge in [-0.25, -0.2) is 0 Å². The molecule has 1 aliphatic rings. The van der Waals surface area contributed by atoms with E-state index in [4.69, 9.17) is 4.74 Å². The van der Waals surface area contributed by atoms with Crippen molar-refractivity contribution in [3.8, 4) is 0 Å². The Labute approximate surface area is 80.0 Å². The minimum atomic E-state index is -0.0660. The topological polar surface area (TPSA) is 26.3 Å². The van der Waals surface area contributed by atoms with Gasteiger partial charge in [0.25, 0.3) is 0 Å². The van der Waals surface area contributed by atoms with Gasteiger partial charge in [0.15, 0.2) is 0 Å². The highest BCUT2D eigenvalue weighted by Gasteiger charge is 2.58. The highest BCUT2D eigenvalue weighted by Crippen LogP contribution is 2.59. The molecule has 0 aromatic rings. The van der Waals surface area contributed by atoms with Crippen molar-refractivity contribution in [2.45, 2.75) is 34.6 Å². The summed E-state index contributed by atoms with van der Waals surface area (Å²) < 4.78 is 5.01. The van der Waals surface area contributed by atoms with Crippen molar-refractivity contribution >= 4 is 5.97 Å². The number of carbonyl (C=O) groups is 1. The van der Waals surface area contributed by atoms with Gasteiger partial charge in [-0.15, -0.1) is 0 Å². The first kappa shape index (κ1) is 10.3. The third kappa shape index (κ3) is 1.62. The van der Waals surface area contributed by atoms with Crippen LogP contribution >= 0.6 is 0 Å². The second kappa shape index (κ2) is 3.17. The van der Waals surface area contributed by atoms with Crippen LogP contribution in [0.3, 0.4) is 0 Å². The molecule has 0 aromatic heterocycles. The first-order valence-electron chi connectivity index (χ1n) is 4.77. The van der Waals surface area contributed by atoms with Crippen LogP contribution in [-0.2, 0) is 9.53 Å². The molecule has 0 saturated heterocycles. The molecule has 2 heteroatoms. The summed E-state index contributed by atoms with van der Waals surface area (Å²) >= 11 is 0. The summed E-state index contributed by atoms with van der Waals surface area (Å²) in [5, 5.41) is 0. The third-order valence-electron chi connectivity index (χ3n) is 2.68. The number of hydrogen-bond acceptors (Lipinski definition) is 2. The average molecular weight is 182 g/mol. The maximum absolute atomic E-state index is 11.5. The monoisotopic (exact) mass is 182 g/mol. The number of rotatable bonds is 2. The third-order valence-corrected chi connectivity index (χ3v) is 2.68. The molecular formula is C11H18O2. The normalized spacial score (nSPS) is 24.1. The van der Waals surface area contributed by atoms with E-state index in [-0.39, 0.29) is 17.3 Å². The van der Waals surface area contributed by atoms with E-state index >= 15 is 0 Å². The molecule has 0 radical (unpaired) electrons. The van der Waals surface area contributed by atoms with Gasteiger partial charge in [-0.2, -0.15) is 0 Å². The lowest BCUT2D eigenvalue weighted by Gasteiger charge is -2.00. The minimum Gasteiger partial charge on any atom is -0.466 e. The van der Waals surface area contributed by atoms with Crippen molar-refractivity contribution in [3.63, 3.8) is 0 Å². The molecular weight excluding hydrogens is 164 g/mol. The van der Waals surface area contributed by atoms with Crippen molar-refractivity contribution in [2.75, 3.05) is 6.61 Å². The SMILES string of the molecule is CCOC(=O)C1C(=C(C)C)C1(C)C. The molecule has 0 bridgehead atoms. The molecule has 0 N–H and O–H groups in total. The van der Waals surface area contributed by atoms with Crippen molar-refractivity contribution in [1.29, 1.82) is 0 Å². The van der Waals surface area contributed by atoms with Gasteiger partial charge in [0, 0.05) is 5.41 Å². The molecule has 0 amide bonds. The van der Waals surface area contributed by atoms with E-state index in [0.29, 0.717) is 6.61 Å². The number of esters is 1. The number of ether oxygens (including phenoxy) is 1. The molecule has 1 rings (SSSR count). The van der Waals surface area contributed by atoms with Crippen LogP contribution in [0.1, 0.15) is 34.6 Å². The van der Waals surface area contributed by atoms with Gasteiger partial charge in [-0.1, -0.05) is 19.4 Å². The highest BCUT2D eigenvalue weighted by molar-refractivity contribution is 5.84. The lowest BCUT2D eigenvalue weighted by molar-refractivity contribution is -0.145. The summed E-state index contributed by atoms with van der Waals surface area (Å²) in [7, 11) is 0. The zero-order valence-electron chi connectivity index (χ0n) is 9.10. The average Bonchev–Trinajstić information content (AvgIpc) is 2.54. The molecule has 2 nitrogen and oxygen atoms in total. The van der Waals surface area contributed by atoms with E-state index in [0.717, 1.165) is 0 Å². The number of carbonyl (C=O) groups excluding carboxylic acids is 1. The van der Waals surface area contributed by atoms with Crippen molar-refractivity contribution in [1.82, 2.24) is 0 Å². The summed E-state index contributed by atoms with van der Waals surface area (Å²) in [5.41, 5.74) is 2.54. The van der Waals surface area contributed by atoms with Crippen molar-refractivity contribution in [3.05, 3.63) is 11.1 Å². The smallest absolute Gasteiger partial charge is 0.313 e. The molecule has 1 atom stereocenters. The molecule has 1 unspecified atom stereocenters. The lowest BCUT2D eigenvalue weighted by Crippen LogP contribution is -2.09. The summed E-state index contributed by atoms with van der Waals surface area (Å²) in [4.78, 5) is 11.5. The highest BCUT2D eigenvalue weighted by atomic mass is 16.5. The fourth-order valence-corrected chi connectivity index (χ4v) is 2.12. The quantitative estimate of drug-likeness (QED) is 0.484. The van der Waals surface area contributed by atoms with Crippen LogP contribution in [0.25, 0.3) is 0 Å². The van der Waals surface area contributed by atoms with Crippen LogP contribution in [0, 0.1) is 11.3 Å². The standard InChI is InChI=1S/C11H18O2/c1-6-13-10(12)9-8(7(2)3)11(9,4)5/h9H,6H2,1-5H3. The minimum absolute atomic E-state index is 0.0115. The van der Waals surface area contributed by atoms with Gasteiger partial charge in [-0.05, 0) is 26.3 Å². The summed E-state index contributed by atoms with van der Waals surface area (Å²) in [5.74, 6) is -0.0545. The van der Waals surface area contributed by atoms with Crippen LogP contribution in [0.15, 0.2) is 11.1 Å². The second-order valence-electron chi connectivity index (χ2n) is 4.32. The number of hydrogen-bond donors (Lipinski definition) is 0. The van der Waals surface area contributed by atoms with Crippen molar-refractivity contribution in [2.24, 2.45) is 11.3 Å². The fourth-order valence-electron chi connectivity index (χ4n) is 2.12. The van der Waals surface area contributed by atoms with E-state index in [9.17, 15) is 4.79 Å². The van der Waals surface area contributed by atoms with Gasteiger partial charge < -0.3 is 4.74 Å². The maximum Gasteiger partial charge on any atom is 0.313 e. The Bertz CT molecular complexity index is 257. The molecule has 1 aliphatic carbocycles. The molecule has 1 saturated carbocycles. The summed E-state index contributed by atoms with van der Waals surface area (Å²) in [6.45, 7) is 10.6. The van der Waals surface area contributed by atoms with Crippen LogP contribution in [0.5, 0.6) is 0 Å². The fraction of sp³-hybridized carbons (Fsp3) is 0.727. The maximum atomic E-state index is 11.5. The van der Waals surface area contributed by atoms with Crippen LogP contribution in [0.2, 0.25) is 0 Å². The van der Waals surface area contributed by atoms with Crippen LogP contribution in [0.4, 0.5) is 0 Å². The van der Waals surface area contributed by atoms with Gasteiger partial charge in [0.1, 0.15) is 0 Å². The van der Waals surface area contributed by atoms with Gasteiger partial charge in [-0.3, -0.25) is 4.79 Å². The Hall–Kier alpha value is -0.790. The van der Waals surface area contributed by atoms with E-state index in [2.05, 4.69) is 27.7 Å². The zero-order valence-corrected chi connectivity index (χ0v) is 9.10. The molecule has 13 heavy (non-hydrogen) atoms. The van der Waals surface area contributed by atoms with E-state index in [1.165, 1.54) is 11.1 Å². The largest absolute Gasteiger partial charge is 0.466 e. The van der Waals surface area contributed by atoms with Gasteiger partial charge in [0.05, 0.1) is 12.5 Å². The van der Waals surface area contributed by atoms with E-state index in [1.54, 1.807) is 0 Å². The summed E-state index contributed by atoms with van der Waals surface area (Å²) in [6.07, 6.45) is 0. The first-order valence-corrected chi connectivity index (χ1v) is 4.77. The first-order chi connectivity index (χ1) is 5.92. The Kier molecular flexibility index (Phi) is 2.51. The molecule has 0 aromatic carbocycles. The van der Waals surface area contributed by atoms with Gasteiger partial charge in [0.2, 0.25) is 0 Å². The Morgan fingerprint density at radius 3 is 2.31 bits per heavy atom. The van der Waals surface area contributed by atoms with E-state index < -0.39 is 0 Å². The molecule has 1 fully saturated rings.